The molecule has 4 rings (SSSR count). The first-order valence-corrected chi connectivity index (χ1v) is 12.0. The van der Waals surface area contributed by atoms with Gasteiger partial charge >= 0.3 is 5.97 Å². The van der Waals surface area contributed by atoms with E-state index < -0.39 is 29.3 Å². The first-order chi connectivity index (χ1) is 17.2. The fourth-order valence-electron chi connectivity index (χ4n) is 4.96. The molecule has 0 bridgehead atoms. The van der Waals surface area contributed by atoms with Crippen molar-refractivity contribution in [3.05, 3.63) is 64.5 Å². The van der Waals surface area contributed by atoms with Gasteiger partial charge < -0.3 is 14.9 Å². The van der Waals surface area contributed by atoms with Crippen LogP contribution < -0.4 is 4.90 Å². The molecule has 7 nitrogen and oxygen atoms in total. The van der Waals surface area contributed by atoms with Gasteiger partial charge in [0, 0.05) is 35.9 Å². The van der Waals surface area contributed by atoms with Crippen LogP contribution in [-0.4, -0.2) is 71.5 Å². The van der Waals surface area contributed by atoms with Crippen molar-refractivity contribution in [1.82, 2.24) is 9.80 Å². The number of rotatable bonds is 6. The zero-order chi connectivity index (χ0) is 26.0. The Hall–Kier alpha value is -3.40. The number of anilines is 1. The lowest BCUT2D eigenvalue weighted by atomic mass is 9.99. The zero-order valence-electron chi connectivity index (χ0n) is 20.0. The van der Waals surface area contributed by atoms with Gasteiger partial charge in [-0.25, -0.2) is 18.0 Å². The number of hydrogen-bond acceptors (Lipinski definition) is 4. The van der Waals surface area contributed by atoms with E-state index in [2.05, 4.69) is 4.90 Å². The minimum absolute atomic E-state index is 0.0647. The summed E-state index contributed by atoms with van der Waals surface area (Å²) in [6.07, 6.45) is 2.82. The third-order valence-corrected chi connectivity index (χ3v) is 6.95. The van der Waals surface area contributed by atoms with Gasteiger partial charge in [0.25, 0.3) is 5.91 Å². The number of piperidine rings is 1. The van der Waals surface area contributed by atoms with Crippen molar-refractivity contribution < 1.29 is 32.7 Å². The van der Waals surface area contributed by atoms with Crippen LogP contribution >= 0.6 is 0 Å². The second-order valence-corrected chi connectivity index (χ2v) is 9.28. The summed E-state index contributed by atoms with van der Waals surface area (Å²) >= 11 is 0. The van der Waals surface area contributed by atoms with Crippen molar-refractivity contribution in [2.24, 2.45) is 0 Å². The van der Waals surface area contributed by atoms with Crippen LogP contribution in [0.25, 0.3) is 0 Å². The normalized spacial score (nSPS) is 16.8. The van der Waals surface area contributed by atoms with Crippen LogP contribution in [0.15, 0.2) is 30.3 Å². The molecular formula is C26H28F3N3O4. The molecule has 0 spiro atoms. The molecule has 2 aliphatic rings. The Morgan fingerprint density at radius 3 is 2.31 bits per heavy atom. The summed E-state index contributed by atoms with van der Waals surface area (Å²) in [5, 5.41) is 9.42. The summed E-state index contributed by atoms with van der Waals surface area (Å²) < 4.78 is 41.3. The van der Waals surface area contributed by atoms with Crippen molar-refractivity contribution in [3.63, 3.8) is 0 Å². The minimum atomic E-state index is -1.61. The minimum Gasteiger partial charge on any atom is -0.478 e. The lowest BCUT2D eigenvalue weighted by molar-refractivity contribution is -0.120. The van der Waals surface area contributed by atoms with Crippen LogP contribution in [0.3, 0.4) is 0 Å². The Balaban J connectivity index is 1.54. The predicted octanol–water partition coefficient (Wildman–Crippen LogP) is 3.84. The van der Waals surface area contributed by atoms with E-state index in [1.165, 1.54) is 24.0 Å². The molecule has 1 N–H and O–H groups in total. The van der Waals surface area contributed by atoms with E-state index in [0.29, 0.717) is 24.6 Å². The molecule has 0 saturated carbocycles. The molecule has 0 radical (unpaired) electrons. The molecule has 2 amide bonds. The van der Waals surface area contributed by atoms with Gasteiger partial charge in [0.2, 0.25) is 5.91 Å². The summed E-state index contributed by atoms with van der Waals surface area (Å²) in [5.74, 6) is -6.27. The molecule has 0 aromatic heterocycles. The van der Waals surface area contributed by atoms with Crippen molar-refractivity contribution in [3.8, 4) is 0 Å². The van der Waals surface area contributed by atoms with Gasteiger partial charge in [-0.2, -0.15) is 0 Å². The van der Waals surface area contributed by atoms with Crippen LogP contribution in [0.1, 0.15) is 52.0 Å². The Morgan fingerprint density at radius 1 is 1.00 bits per heavy atom. The van der Waals surface area contributed by atoms with Crippen molar-refractivity contribution in [2.45, 2.75) is 38.6 Å². The second-order valence-electron chi connectivity index (χ2n) is 9.28. The summed E-state index contributed by atoms with van der Waals surface area (Å²) in [5.41, 5.74) is 0.0484. The van der Waals surface area contributed by atoms with Gasteiger partial charge in [-0.15, -0.1) is 0 Å². The number of benzene rings is 2. The maximum absolute atomic E-state index is 14.0. The largest absolute Gasteiger partial charge is 0.478 e. The van der Waals surface area contributed by atoms with E-state index in [1.807, 2.05) is 0 Å². The number of hydrogen-bond donors (Lipinski definition) is 1. The Bertz CT molecular complexity index is 1180. The topological polar surface area (TPSA) is 81.2 Å². The fraction of sp³-hybridized carbons (Fsp3) is 0.423. The number of carboxylic acids is 1. The van der Waals surface area contributed by atoms with Gasteiger partial charge in [-0.1, -0.05) is 6.07 Å². The molecule has 0 atom stereocenters. The second kappa shape index (κ2) is 10.7. The van der Waals surface area contributed by atoms with Gasteiger partial charge in [0.1, 0.15) is 0 Å². The van der Waals surface area contributed by atoms with E-state index in [1.54, 1.807) is 17.0 Å². The molecule has 2 aliphatic heterocycles. The number of carbonyl (C=O) groups is 3. The molecule has 0 aliphatic carbocycles. The van der Waals surface area contributed by atoms with Crippen molar-refractivity contribution in [1.29, 1.82) is 0 Å². The predicted molar refractivity (Wildman–Crippen MR) is 127 cm³/mol. The third-order valence-electron chi connectivity index (χ3n) is 6.95. The lowest BCUT2D eigenvalue weighted by Gasteiger charge is -2.39. The highest BCUT2D eigenvalue weighted by molar-refractivity contribution is 5.98. The van der Waals surface area contributed by atoms with Crippen molar-refractivity contribution >= 4 is 23.5 Å². The Labute approximate surface area is 207 Å². The molecule has 0 unspecified atom stereocenters. The molecule has 10 heteroatoms. The van der Waals surface area contributed by atoms with Crippen LogP contribution in [-0.2, 0) is 4.79 Å². The molecule has 2 heterocycles. The molecule has 2 fully saturated rings. The summed E-state index contributed by atoms with van der Waals surface area (Å²) in [7, 11) is 0. The Kier molecular flexibility index (Phi) is 7.63. The summed E-state index contributed by atoms with van der Waals surface area (Å²) in [6.45, 7) is 3.53. The molecule has 2 aromatic carbocycles. The molecule has 36 heavy (non-hydrogen) atoms. The van der Waals surface area contributed by atoms with Crippen LogP contribution in [0.5, 0.6) is 0 Å². The van der Waals surface area contributed by atoms with E-state index in [4.69, 9.17) is 0 Å². The van der Waals surface area contributed by atoms with Crippen LogP contribution in [0.4, 0.5) is 18.9 Å². The van der Waals surface area contributed by atoms with Crippen LogP contribution in [0.2, 0.25) is 0 Å². The molecule has 192 valence electrons. The highest BCUT2D eigenvalue weighted by Gasteiger charge is 2.33. The maximum atomic E-state index is 14.0. The number of amides is 2. The molecule has 2 aromatic rings. The Morgan fingerprint density at radius 2 is 1.67 bits per heavy atom. The smallest absolute Gasteiger partial charge is 0.335 e. The highest BCUT2D eigenvalue weighted by atomic mass is 19.2. The number of halogens is 3. The van der Waals surface area contributed by atoms with Gasteiger partial charge in [-0.3, -0.25) is 14.5 Å². The third kappa shape index (κ3) is 5.23. The van der Waals surface area contributed by atoms with E-state index >= 15 is 0 Å². The molecular weight excluding hydrogens is 475 g/mol. The van der Waals surface area contributed by atoms with Gasteiger partial charge in [-0.05, 0) is 70.0 Å². The lowest BCUT2D eigenvalue weighted by Crippen LogP contribution is -2.51. The fourth-order valence-corrected chi connectivity index (χ4v) is 4.96. The van der Waals surface area contributed by atoms with E-state index in [-0.39, 0.29) is 48.3 Å². The quantitative estimate of drug-likeness (QED) is 0.606. The number of likely N-dealkylation sites (tertiary alicyclic amines) is 2. The monoisotopic (exact) mass is 503 g/mol. The van der Waals surface area contributed by atoms with E-state index in [9.17, 15) is 32.7 Å². The average molecular weight is 504 g/mol. The first-order valence-electron chi connectivity index (χ1n) is 12.0. The standard InChI is InChI=1S/C26H28F3N3O4/c1-16-20(14-21(27)24(29)23(16)28)25(34)31-11-7-18(8-12-31)32(22(33)15-30-9-2-3-10-30)19-6-4-5-17(13-19)26(35)36/h4-6,13-14,18H,2-3,7-12,15H2,1H3,(H,35,36). The average Bonchev–Trinajstić information content (AvgIpc) is 3.38. The number of carbonyl (C=O) groups excluding carboxylic acids is 2. The number of carboxylic acid groups (broad SMARTS) is 1. The van der Waals surface area contributed by atoms with E-state index in [0.717, 1.165) is 25.9 Å². The summed E-state index contributed by atoms with van der Waals surface area (Å²) in [4.78, 5) is 43.0. The first kappa shape index (κ1) is 25.7. The van der Waals surface area contributed by atoms with Gasteiger partial charge in [0.05, 0.1) is 12.1 Å². The van der Waals surface area contributed by atoms with Crippen LogP contribution in [0, 0.1) is 24.4 Å². The summed E-state index contributed by atoms with van der Waals surface area (Å²) in [6, 6.07) is 6.63. The number of aromatic carboxylic acids is 1. The van der Waals surface area contributed by atoms with Crippen molar-refractivity contribution in [2.75, 3.05) is 37.6 Å². The maximum Gasteiger partial charge on any atom is 0.335 e. The number of nitrogens with zero attached hydrogens (tertiary/aromatic N) is 3. The zero-order valence-corrected chi connectivity index (χ0v) is 20.0. The molecule has 2 saturated heterocycles. The SMILES string of the molecule is Cc1c(C(=O)N2CCC(N(C(=O)CN3CCCC3)c3cccc(C(=O)O)c3)CC2)cc(F)c(F)c1F. The highest BCUT2D eigenvalue weighted by Crippen LogP contribution is 2.28. The van der Waals surface area contributed by atoms with Gasteiger partial charge in [0.15, 0.2) is 17.5 Å².